The predicted octanol–water partition coefficient (Wildman–Crippen LogP) is 3.45. The third-order valence-corrected chi connectivity index (χ3v) is 7.20. The highest BCUT2D eigenvalue weighted by Crippen LogP contribution is 2.38. The fourth-order valence-corrected chi connectivity index (χ4v) is 5.86. The lowest BCUT2D eigenvalue weighted by molar-refractivity contribution is -0.147. The highest BCUT2D eigenvalue weighted by molar-refractivity contribution is 7.18. The molecule has 0 aliphatic heterocycles. The number of fused-ring (bicyclic) bond motifs is 2. The van der Waals surface area contributed by atoms with Crippen LogP contribution in [0.3, 0.4) is 0 Å². The number of rotatable bonds is 8. The lowest BCUT2D eigenvalue weighted by Crippen LogP contribution is -2.22. The average Bonchev–Trinajstić information content (AvgIpc) is 3.39. The number of carbonyl (C=O) groups is 3. The minimum Gasteiger partial charge on any atom is -0.456 e. The number of primary amides is 1. The number of hydrogen-bond acceptors (Lipinski definition) is 7. The van der Waals surface area contributed by atoms with E-state index in [-0.39, 0.29) is 13.0 Å². The van der Waals surface area contributed by atoms with Crippen LogP contribution < -0.4 is 11.1 Å². The van der Waals surface area contributed by atoms with E-state index in [1.54, 1.807) is 11.3 Å². The van der Waals surface area contributed by atoms with Gasteiger partial charge in [0.15, 0.2) is 6.61 Å². The number of aromatic nitrogens is 1. The Balaban J connectivity index is 1.23. The number of nitrogens with two attached hydrogens (primary N) is 1. The molecule has 0 unspecified atom stereocenters. The Bertz CT molecular complexity index is 1090. The summed E-state index contributed by atoms with van der Waals surface area (Å²) >= 11 is 2.99. The second-order valence-corrected chi connectivity index (χ2v) is 9.28. The summed E-state index contributed by atoms with van der Waals surface area (Å²) in [7, 11) is 0. The lowest BCUT2D eigenvalue weighted by Gasteiger charge is -2.07. The van der Waals surface area contributed by atoms with Gasteiger partial charge in [0.2, 0.25) is 0 Å². The second kappa shape index (κ2) is 8.93. The molecule has 2 amide bonds. The van der Waals surface area contributed by atoms with Gasteiger partial charge in [0.05, 0.1) is 20.8 Å². The van der Waals surface area contributed by atoms with Gasteiger partial charge < -0.3 is 15.8 Å². The molecule has 2 heterocycles. The van der Waals surface area contributed by atoms with Crippen molar-refractivity contribution in [2.45, 2.75) is 38.5 Å². The molecule has 0 spiro atoms. The van der Waals surface area contributed by atoms with Crippen LogP contribution in [-0.2, 0) is 33.6 Å². The van der Waals surface area contributed by atoms with E-state index in [4.69, 9.17) is 10.5 Å². The van der Waals surface area contributed by atoms with Crippen LogP contribution >= 0.6 is 22.7 Å². The van der Waals surface area contributed by atoms with Gasteiger partial charge in [0, 0.05) is 11.3 Å². The third kappa shape index (κ3) is 4.52. The number of amides is 2. The van der Waals surface area contributed by atoms with Gasteiger partial charge >= 0.3 is 5.97 Å². The Morgan fingerprint density at radius 3 is 2.80 bits per heavy atom. The second-order valence-electron chi connectivity index (χ2n) is 7.06. The lowest BCUT2D eigenvalue weighted by atomic mass is 10.1. The molecule has 2 aromatic heterocycles. The number of nitrogens with one attached hydrogen (secondary N) is 1. The minimum absolute atomic E-state index is 0.211. The van der Waals surface area contributed by atoms with Crippen molar-refractivity contribution in [2.75, 3.05) is 11.9 Å². The first-order valence-corrected chi connectivity index (χ1v) is 11.4. The van der Waals surface area contributed by atoms with Gasteiger partial charge in [-0.05, 0) is 49.8 Å². The third-order valence-electron chi connectivity index (χ3n) is 4.89. The number of para-hydroxylation sites is 1. The number of aryl methyl sites for hydroxylation is 2. The van der Waals surface area contributed by atoms with Crippen LogP contribution in [-0.4, -0.2) is 29.4 Å². The molecule has 0 saturated heterocycles. The van der Waals surface area contributed by atoms with Gasteiger partial charge in [-0.15, -0.1) is 22.7 Å². The summed E-state index contributed by atoms with van der Waals surface area (Å²) in [6.07, 6.45) is 4.17. The van der Waals surface area contributed by atoms with E-state index < -0.39 is 17.8 Å². The summed E-state index contributed by atoms with van der Waals surface area (Å²) in [5.74, 6) is -1.46. The Morgan fingerprint density at radius 1 is 1.17 bits per heavy atom. The van der Waals surface area contributed by atoms with Gasteiger partial charge in [-0.2, -0.15) is 0 Å². The summed E-state index contributed by atoms with van der Waals surface area (Å²) < 4.78 is 6.20. The number of hydrogen-bond donors (Lipinski definition) is 2. The number of thiophene rings is 1. The number of nitrogens with zero attached hydrogens (tertiary/aromatic N) is 1. The molecule has 156 valence electrons. The van der Waals surface area contributed by atoms with Crippen molar-refractivity contribution in [1.29, 1.82) is 0 Å². The SMILES string of the molecule is NC(=O)c1c(NC(=O)COC(=O)CCCc2nc3ccccc3s2)sc2c1CCC2. The topological polar surface area (TPSA) is 111 Å². The smallest absolute Gasteiger partial charge is 0.306 e. The van der Waals surface area contributed by atoms with Crippen molar-refractivity contribution in [2.24, 2.45) is 5.73 Å². The van der Waals surface area contributed by atoms with Crippen LogP contribution in [0.15, 0.2) is 24.3 Å². The van der Waals surface area contributed by atoms with E-state index in [2.05, 4.69) is 10.3 Å². The first-order valence-electron chi connectivity index (χ1n) is 9.75. The van der Waals surface area contributed by atoms with E-state index in [1.165, 1.54) is 11.3 Å². The van der Waals surface area contributed by atoms with E-state index >= 15 is 0 Å². The molecule has 9 heteroatoms. The Hall–Kier alpha value is -2.78. The molecule has 3 N–H and O–H groups in total. The van der Waals surface area contributed by atoms with E-state index in [0.717, 1.165) is 44.9 Å². The maximum atomic E-state index is 12.2. The molecule has 1 aliphatic carbocycles. The van der Waals surface area contributed by atoms with Crippen LogP contribution in [0, 0.1) is 0 Å². The van der Waals surface area contributed by atoms with Gasteiger partial charge in [-0.3, -0.25) is 14.4 Å². The molecule has 4 rings (SSSR count). The molecule has 30 heavy (non-hydrogen) atoms. The Labute approximate surface area is 181 Å². The van der Waals surface area contributed by atoms with E-state index in [1.807, 2.05) is 24.3 Å². The monoisotopic (exact) mass is 443 g/mol. The number of anilines is 1. The fourth-order valence-electron chi connectivity index (χ4n) is 3.54. The fraction of sp³-hybridized carbons (Fsp3) is 0.333. The van der Waals surface area contributed by atoms with E-state index in [0.29, 0.717) is 23.4 Å². The number of ether oxygens (including phenoxy) is 1. The predicted molar refractivity (Wildman–Crippen MR) is 117 cm³/mol. The molecule has 0 atom stereocenters. The number of thiazole rings is 1. The summed E-state index contributed by atoms with van der Waals surface area (Å²) in [5.41, 5.74) is 7.78. The Morgan fingerprint density at radius 2 is 2.00 bits per heavy atom. The van der Waals surface area contributed by atoms with Crippen molar-refractivity contribution >= 4 is 55.7 Å². The maximum absolute atomic E-state index is 12.2. The maximum Gasteiger partial charge on any atom is 0.306 e. The summed E-state index contributed by atoms with van der Waals surface area (Å²) in [6, 6.07) is 7.91. The zero-order valence-corrected chi connectivity index (χ0v) is 17.9. The molecule has 0 radical (unpaired) electrons. The van der Waals surface area contributed by atoms with Crippen LogP contribution in [0.4, 0.5) is 5.00 Å². The van der Waals surface area contributed by atoms with Crippen molar-refractivity contribution < 1.29 is 19.1 Å². The molecule has 0 bridgehead atoms. The molecular formula is C21H21N3O4S2. The molecule has 1 aromatic carbocycles. The molecular weight excluding hydrogens is 422 g/mol. The Kier molecular flexibility index (Phi) is 6.10. The van der Waals surface area contributed by atoms with Gasteiger partial charge in [0.1, 0.15) is 5.00 Å². The molecule has 7 nitrogen and oxygen atoms in total. The highest BCUT2D eigenvalue weighted by Gasteiger charge is 2.26. The number of carbonyl (C=O) groups excluding carboxylic acids is 3. The van der Waals surface area contributed by atoms with Gasteiger partial charge in [0.25, 0.3) is 11.8 Å². The number of benzene rings is 1. The van der Waals surface area contributed by atoms with Crippen LogP contribution in [0.1, 0.15) is 45.1 Å². The molecule has 0 saturated carbocycles. The highest BCUT2D eigenvalue weighted by atomic mass is 32.1. The van der Waals surface area contributed by atoms with Crippen molar-refractivity contribution in [1.82, 2.24) is 4.98 Å². The van der Waals surface area contributed by atoms with Gasteiger partial charge in [-0.1, -0.05) is 12.1 Å². The van der Waals surface area contributed by atoms with Gasteiger partial charge in [-0.25, -0.2) is 4.98 Å². The summed E-state index contributed by atoms with van der Waals surface area (Å²) in [5, 5.41) is 4.09. The van der Waals surface area contributed by atoms with E-state index in [9.17, 15) is 14.4 Å². The van der Waals surface area contributed by atoms with Crippen LogP contribution in [0.2, 0.25) is 0 Å². The first kappa shape index (κ1) is 20.5. The summed E-state index contributed by atoms with van der Waals surface area (Å²) in [4.78, 5) is 41.5. The van der Waals surface area contributed by atoms with Crippen molar-refractivity contribution in [3.05, 3.63) is 45.3 Å². The van der Waals surface area contributed by atoms with Crippen molar-refractivity contribution in [3.8, 4) is 0 Å². The van der Waals surface area contributed by atoms with Crippen LogP contribution in [0.25, 0.3) is 10.2 Å². The quantitative estimate of drug-likeness (QED) is 0.518. The zero-order valence-electron chi connectivity index (χ0n) is 16.2. The summed E-state index contributed by atoms with van der Waals surface area (Å²) in [6.45, 7) is -0.388. The first-order chi connectivity index (χ1) is 14.5. The molecule has 0 fully saturated rings. The molecule has 1 aliphatic rings. The molecule has 3 aromatic rings. The largest absolute Gasteiger partial charge is 0.456 e. The van der Waals surface area contributed by atoms with Crippen LogP contribution in [0.5, 0.6) is 0 Å². The van der Waals surface area contributed by atoms with Crippen molar-refractivity contribution in [3.63, 3.8) is 0 Å². The standard InChI is InChI=1S/C21H21N3O4S2/c22-20(27)19-12-5-3-8-14(12)30-21(19)24-16(25)11-28-18(26)10-4-9-17-23-13-6-1-2-7-15(13)29-17/h1-2,6-7H,3-5,8-11H2,(H2,22,27)(H,24,25). The average molecular weight is 444 g/mol. The minimum atomic E-state index is -0.545. The number of esters is 1. The normalized spacial score (nSPS) is 12.7. The zero-order chi connectivity index (χ0) is 21.1.